The van der Waals surface area contributed by atoms with E-state index in [1.54, 1.807) is 0 Å². The summed E-state index contributed by atoms with van der Waals surface area (Å²) in [4.78, 5) is 10.1. The van der Waals surface area contributed by atoms with E-state index >= 15 is 0 Å². The van der Waals surface area contributed by atoms with Gasteiger partial charge in [-0.05, 0) is 36.9 Å². The molecule has 2 rings (SSSR count). The summed E-state index contributed by atoms with van der Waals surface area (Å²) in [5.74, 6) is 0.232. The van der Waals surface area contributed by atoms with Gasteiger partial charge in [-0.2, -0.15) is 0 Å². The van der Waals surface area contributed by atoms with Crippen LogP contribution in [0.15, 0.2) is 23.1 Å². The smallest absolute Gasteiger partial charge is 0.293 e. The summed E-state index contributed by atoms with van der Waals surface area (Å²) in [6, 6.07) is 3.67. The number of hydrogen-bond donors (Lipinski definition) is 2. The Balaban J connectivity index is 0.00000312. The molecule has 142 valence electrons. The van der Waals surface area contributed by atoms with Crippen LogP contribution in [0.4, 0.5) is 5.69 Å². The summed E-state index contributed by atoms with van der Waals surface area (Å²) in [5, 5.41) is 14.5. The largest absolute Gasteiger partial charge is 0.497 e. The molecule has 0 aliphatic carbocycles. The molecule has 0 saturated carbocycles. The molecule has 2 N–H and O–H groups in total. The Morgan fingerprint density at radius 1 is 1.44 bits per heavy atom. The van der Waals surface area contributed by atoms with Crippen LogP contribution in [0, 0.1) is 15.5 Å². The molecule has 1 aliphatic rings. The van der Waals surface area contributed by atoms with Gasteiger partial charge in [0.25, 0.3) is 5.69 Å². The first-order valence-electron chi connectivity index (χ1n) is 7.73. The van der Waals surface area contributed by atoms with Gasteiger partial charge in [-0.25, -0.2) is 13.1 Å². The summed E-state index contributed by atoms with van der Waals surface area (Å²) >= 11 is 0. The van der Waals surface area contributed by atoms with Gasteiger partial charge in [-0.3, -0.25) is 10.1 Å². The second-order valence-electron chi connectivity index (χ2n) is 6.54. The van der Waals surface area contributed by atoms with Crippen molar-refractivity contribution >= 4 is 28.1 Å². The molecule has 1 aliphatic heterocycles. The van der Waals surface area contributed by atoms with Crippen molar-refractivity contribution in [3.8, 4) is 5.75 Å². The average Bonchev–Trinajstić information content (AvgIpc) is 2.52. The van der Waals surface area contributed by atoms with Crippen molar-refractivity contribution < 1.29 is 18.1 Å². The summed E-state index contributed by atoms with van der Waals surface area (Å²) in [6.45, 7) is 5.17. The number of nitro groups is 1. The lowest BCUT2D eigenvalue weighted by Crippen LogP contribution is -2.52. The van der Waals surface area contributed by atoms with E-state index in [1.807, 2.05) is 0 Å². The number of hydrogen-bond acceptors (Lipinski definition) is 6. The van der Waals surface area contributed by atoms with Crippen molar-refractivity contribution in [1.29, 1.82) is 0 Å². The van der Waals surface area contributed by atoms with E-state index in [4.69, 9.17) is 4.74 Å². The number of halogens is 1. The molecule has 1 aromatic rings. The number of nitro benzene ring substituents is 1. The van der Waals surface area contributed by atoms with E-state index in [0.29, 0.717) is 0 Å². The fourth-order valence-corrected chi connectivity index (χ4v) is 4.08. The minimum atomic E-state index is -4.00. The molecule has 8 nitrogen and oxygen atoms in total. The standard InChI is InChI=1S/C15H23N3O5S.ClH/c1-15(2)7-4-8-16-14(15)10-17-24(21,22)13-6-5-11(23-3)9-12(13)18(19)20;/h5-6,9,14,16-17H,4,7-8,10H2,1-3H3;1H. The second kappa shape index (κ2) is 8.31. The van der Waals surface area contributed by atoms with Crippen LogP contribution in [0.2, 0.25) is 0 Å². The third-order valence-electron chi connectivity index (χ3n) is 4.46. The van der Waals surface area contributed by atoms with E-state index < -0.39 is 20.6 Å². The molecule has 1 unspecified atom stereocenters. The number of ether oxygens (including phenoxy) is 1. The lowest BCUT2D eigenvalue weighted by Gasteiger charge is -2.39. The SMILES string of the molecule is COc1ccc(S(=O)(=O)NCC2NCCCC2(C)C)c([N+](=O)[O-])c1.Cl. The molecular formula is C15H24ClN3O5S. The van der Waals surface area contributed by atoms with Gasteiger partial charge >= 0.3 is 0 Å². The molecular weight excluding hydrogens is 370 g/mol. The normalized spacial score (nSPS) is 19.7. The van der Waals surface area contributed by atoms with E-state index in [2.05, 4.69) is 23.9 Å². The Kier molecular flexibility index (Phi) is 7.18. The molecule has 1 atom stereocenters. The van der Waals surface area contributed by atoms with Gasteiger partial charge < -0.3 is 10.1 Å². The summed E-state index contributed by atoms with van der Waals surface area (Å²) in [6.07, 6.45) is 2.04. The Morgan fingerprint density at radius 2 is 2.12 bits per heavy atom. The third kappa shape index (κ3) is 5.04. The summed E-state index contributed by atoms with van der Waals surface area (Å²) in [7, 11) is -2.63. The predicted octanol–water partition coefficient (Wildman–Crippen LogP) is 2.08. The predicted molar refractivity (Wildman–Crippen MR) is 96.9 cm³/mol. The summed E-state index contributed by atoms with van der Waals surface area (Å²) < 4.78 is 32.5. The Hall–Kier alpha value is -1.42. The van der Waals surface area contributed by atoms with Gasteiger partial charge in [0.05, 0.1) is 18.1 Å². The van der Waals surface area contributed by atoms with Crippen LogP contribution in [0.5, 0.6) is 5.75 Å². The zero-order valence-electron chi connectivity index (χ0n) is 14.4. The number of methoxy groups -OCH3 is 1. The maximum absolute atomic E-state index is 12.5. The molecule has 0 spiro atoms. The van der Waals surface area contributed by atoms with Gasteiger partial charge in [0, 0.05) is 12.6 Å². The van der Waals surface area contributed by atoms with Gasteiger partial charge in [-0.15, -0.1) is 12.4 Å². The number of sulfonamides is 1. The van der Waals surface area contributed by atoms with E-state index in [1.165, 1.54) is 19.2 Å². The zero-order valence-corrected chi connectivity index (χ0v) is 16.1. The van der Waals surface area contributed by atoms with Crippen LogP contribution in [0.25, 0.3) is 0 Å². The molecule has 0 radical (unpaired) electrons. The average molecular weight is 394 g/mol. The first-order valence-corrected chi connectivity index (χ1v) is 9.21. The van der Waals surface area contributed by atoms with Crippen molar-refractivity contribution in [3.63, 3.8) is 0 Å². The first kappa shape index (κ1) is 21.6. The molecule has 1 saturated heterocycles. The van der Waals surface area contributed by atoms with E-state index in [-0.39, 0.29) is 41.1 Å². The zero-order chi connectivity index (χ0) is 18.0. The molecule has 1 fully saturated rings. The van der Waals surface area contributed by atoms with Crippen LogP contribution in [0.3, 0.4) is 0 Å². The van der Waals surface area contributed by atoms with Crippen molar-refractivity contribution in [1.82, 2.24) is 10.0 Å². The topological polar surface area (TPSA) is 111 Å². The van der Waals surface area contributed by atoms with Crippen LogP contribution in [-0.2, 0) is 10.0 Å². The van der Waals surface area contributed by atoms with E-state index in [9.17, 15) is 18.5 Å². The second-order valence-corrected chi connectivity index (χ2v) is 8.28. The van der Waals surface area contributed by atoms with Gasteiger partial charge in [0.1, 0.15) is 5.75 Å². The minimum absolute atomic E-state index is 0. The highest BCUT2D eigenvalue weighted by Crippen LogP contribution is 2.31. The van der Waals surface area contributed by atoms with Crippen LogP contribution < -0.4 is 14.8 Å². The quantitative estimate of drug-likeness (QED) is 0.565. The Morgan fingerprint density at radius 3 is 2.68 bits per heavy atom. The molecule has 25 heavy (non-hydrogen) atoms. The van der Waals surface area contributed by atoms with Crippen molar-refractivity contribution in [2.75, 3.05) is 20.2 Å². The van der Waals surface area contributed by atoms with Crippen molar-refractivity contribution in [2.45, 2.75) is 37.6 Å². The van der Waals surface area contributed by atoms with Crippen molar-refractivity contribution in [3.05, 3.63) is 28.3 Å². The number of nitrogens with zero attached hydrogens (tertiary/aromatic N) is 1. The van der Waals surface area contributed by atoms with Crippen molar-refractivity contribution in [2.24, 2.45) is 5.41 Å². The monoisotopic (exact) mass is 393 g/mol. The Labute approximate surface area is 153 Å². The van der Waals surface area contributed by atoms with E-state index in [0.717, 1.165) is 25.5 Å². The molecule has 0 aromatic heterocycles. The highest BCUT2D eigenvalue weighted by Gasteiger charge is 2.34. The lowest BCUT2D eigenvalue weighted by atomic mass is 9.78. The van der Waals surface area contributed by atoms with Crippen LogP contribution in [0.1, 0.15) is 26.7 Å². The number of benzene rings is 1. The maximum atomic E-state index is 12.5. The highest BCUT2D eigenvalue weighted by atomic mass is 35.5. The fourth-order valence-electron chi connectivity index (χ4n) is 2.88. The molecule has 0 bridgehead atoms. The maximum Gasteiger partial charge on any atom is 0.293 e. The molecule has 0 amide bonds. The van der Waals surface area contributed by atoms with Crippen LogP contribution in [-0.4, -0.2) is 39.6 Å². The highest BCUT2D eigenvalue weighted by molar-refractivity contribution is 7.89. The molecule has 10 heteroatoms. The number of nitrogens with one attached hydrogen (secondary N) is 2. The third-order valence-corrected chi connectivity index (χ3v) is 5.93. The fraction of sp³-hybridized carbons (Fsp3) is 0.600. The number of rotatable bonds is 6. The minimum Gasteiger partial charge on any atom is -0.497 e. The van der Waals surface area contributed by atoms with Gasteiger partial charge in [0.15, 0.2) is 4.90 Å². The summed E-state index contributed by atoms with van der Waals surface area (Å²) in [5.41, 5.74) is -0.551. The Bertz CT molecular complexity index is 724. The first-order chi connectivity index (χ1) is 11.2. The van der Waals surface area contributed by atoms with Crippen LogP contribution >= 0.6 is 12.4 Å². The number of piperidine rings is 1. The molecule has 1 heterocycles. The molecule has 1 aromatic carbocycles. The van der Waals surface area contributed by atoms with Gasteiger partial charge in [0.2, 0.25) is 10.0 Å². The van der Waals surface area contributed by atoms with Gasteiger partial charge in [-0.1, -0.05) is 13.8 Å². The lowest BCUT2D eigenvalue weighted by molar-refractivity contribution is -0.387.